The maximum Gasteiger partial charge on any atom is 0.205 e. The van der Waals surface area contributed by atoms with E-state index in [1.165, 1.54) is 18.3 Å². The zero-order valence-electron chi connectivity index (χ0n) is 8.46. The van der Waals surface area contributed by atoms with Crippen molar-refractivity contribution in [2.75, 3.05) is 0 Å². The lowest BCUT2D eigenvalue weighted by Gasteiger charge is -2.03. The van der Waals surface area contributed by atoms with Crippen molar-refractivity contribution in [3.8, 4) is 0 Å². The Morgan fingerprint density at radius 1 is 1.25 bits per heavy atom. The van der Waals surface area contributed by atoms with Gasteiger partial charge in [-0.2, -0.15) is 0 Å². The third-order valence-electron chi connectivity index (χ3n) is 2.24. The first-order valence-corrected chi connectivity index (χ1v) is 5.51. The summed E-state index contributed by atoms with van der Waals surface area (Å²) in [5.74, 6) is -1.73. The number of aryl methyl sites for hydroxylation is 1. The molecule has 0 fully saturated rings. The van der Waals surface area contributed by atoms with Gasteiger partial charge in [0.2, 0.25) is 5.78 Å². The van der Waals surface area contributed by atoms with Crippen LogP contribution in [-0.2, 0) is 0 Å². The van der Waals surface area contributed by atoms with Gasteiger partial charge in [0, 0.05) is 0 Å². The van der Waals surface area contributed by atoms with Crippen LogP contribution in [-0.4, -0.2) is 5.78 Å². The van der Waals surface area contributed by atoms with E-state index < -0.39 is 17.4 Å². The van der Waals surface area contributed by atoms with E-state index in [-0.39, 0.29) is 11.1 Å². The Morgan fingerprint density at radius 3 is 2.62 bits per heavy atom. The molecule has 0 saturated carbocycles. The first kappa shape index (κ1) is 11.0. The second kappa shape index (κ2) is 4.14. The largest absolute Gasteiger partial charge is 0.288 e. The van der Waals surface area contributed by atoms with Gasteiger partial charge in [0.05, 0.1) is 10.4 Å². The summed E-state index contributed by atoms with van der Waals surface area (Å²) in [4.78, 5) is 12.2. The fourth-order valence-electron chi connectivity index (χ4n) is 1.36. The normalized spacial score (nSPS) is 10.4. The minimum atomic E-state index is -0.683. The summed E-state index contributed by atoms with van der Waals surface area (Å²) in [6.07, 6.45) is 0. The highest BCUT2D eigenvalue weighted by molar-refractivity contribution is 7.12. The number of carbonyl (C=O) groups is 1. The van der Waals surface area contributed by atoms with E-state index in [1.54, 1.807) is 17.5 Å². The Labute approximate surface area is 95.4 Å². The molecule has 16 heavy (non-hydrogen) atoms. The molecule has 0 saturated heterocycles. The van der Waals surface area contributed by atoms with E-state index in [0.29, 0.717) is 4.88 Å². The number of rotatable bonds is 2. The van der Waals surface area contributed by atoms with Crippen LogP contribution >= 0.6 is 11.3 Å². The Morgan fingerprint density at radius 2 is 2.00 bits per heavy atom. The SMILES string of the molecule is Cc1cc(F)c(C(=O)c2cccs2)cc1F. The lowest BCUT2D eigenvalue weighted by atomic mass is 10.1. The number of thiophene rings is 1. The fourth-order valence-corrected chi connectivity index (χ4v) is 2.04. The Balaban J connectivity index is 2.49. The Hall–Kier alpha value is -1.55. The van der Waals surface area contributed by atoms with Crippen molar-refractivity contribution in [1.82, 2.24) is 0 Å². The molecule has 0 atom stereocenters. The molecule has 0 aliphatic heterocycles. The van der Waals surface area contributed by atoms with Gasteiger partial charge < -0.3 is 0 Å². The molecule has 1 nitrogen and oxygen atoms in total. The predicted octanol–water partition coefficient (Wildman–Crippen LogP) is 3.57. The van der Waals surface area contributed by atoms with Gasteiger partial charge in [0.25, 0.3) is 0 Å². The van der Waals surface area contributed by atoms with E-state index in [4.69, 9.17) is 0 Å². The van der Waals surface area contributed by atoms with Crippen LogP contribution in [0.2, 0.25) is 0 Å². The lowest BCUT2D eigenvalue weighted by Crippen LogP contribution is -2.04. The fraction of sp³-hybridized carbons (Fsp3) is 0.0833. The highest BCUT2D eigenvalue weighted by Crippen LogP contribution is 2.20. The first-order chi connectivity index (χ1) is 7.59. The maximum absolute atomic E-state index is 13.5. The number of hydrogen-bond donors (Lipinski definition) is 0. The van der Waals surface area contributed by atoms with Gasteiger partial charge in [-0.3, -0.25) is 4.79 Å². The molecule has 4 heteroatoms. The third-order valence-corrected chi connectivity index (χ3v) is 3.11. The maximum atomic E-state index is 13.5. The van der Waals surface area contributed by atoms with Gasteiger partial charge >= 0.3 is 0 Å². The third kappa shape index (κ3) is 1.88. The second-order valence-corrected chi connectivity index (χ2v) is 4.34. The minimum absolute atomic E-state index is 0.195. The summed E-state index contributed by atoms with van der Waals surface area (Å²) in [6, 6.07) is 5.27. The zero-order valence-corrected chi connectivity index (χ0v) is 9.28. The summed E-state index contributed by atoms with van der Waals surface area (Å²) in [6.45, 7) is 1.46. The minimum Gasteiger partial charge on any atom is -0.288 e. The number of hydrogen-bond acceptors (Lipinski definition) is 2. The van der Waals surface area contributed by atoms with Crippen molar-refractivity contribution in [3.63, 3.8) is 0 Å². The van der Waals surface area contributed by atoms with Crippen molar-refractivity contribution in [2.45, 2.75) is 6.92 Å². The van der Waals surface area contributed by atoms with Crippen LogP contribution in [0, 0.1) is 18.6 Å². The van der Waals surface area contributed by atoms with Crippen LogP contribution in [0.25, 0.3) is 0 Å². The average molecular weight is 238 g/mol. The van der Waals surface area contributed by atoms with Crippen LogP contribution in [0.5, 0.6) is 0 Å². The highest BCUT2D eigenvalue weighted by atomic mass is 32.1. The number of benzene rings is 1. The monoisotopic (exact) mass is 238 g/mol. The van der Waals surface area contributed by atoms with Crippen LogP contribution < -0.4 is 0 Å². The van der Waals surface area contributed by atoms with Crippen molar-refractivity contribution >= 4 is 17.1 Å². The number of ketones is 1. The standard InChI is InChI=1S/C12H8F2OS/c1-7-5-10(14)8(6-9(7)13)12(15)11-3-2-4-16-11/h2-6H,1H3. The summed E-state index contributed by atoms with van der Waals surface area (Å²) in [7, 11) is 0. The molecule has 0 aliphatic rings. The second-order valence-electron chi connectivity index (χ2n) is 3.39. The molecule has 1 heterocycles. The lowest BCUT2D eigenvalue weighted by molar-refractivity contribution is 0.103. The van der Waals surface area contributed by atoms with Crippen LogP contribution in [0.15, 0.2) is 29.6 Å². The summed E-state index contributed by atoms with van der Waals surface area (Å²) < 4.78 is 26.7. The van der Waals surface area contributed by atoms with Crippen LogP contribution in [0.1, 0.15) is 20.8 Å². The average Bonchev–Trinajstić information content (AvgIpc) is 2.75. The molecule has 1 aromatic heterocycles. The van der Waals surface area contributed by atoms with Crippen molar-refractivity contribution in [2.24, 2.45) is 0 Å². The van der Waals surface area contributed by atoms with Gasteiger partial charge in [-0.25, -0.2) is 8.78 Å². The smallest absolute Gasteiger partial charge is 0.205 e. The van der Waals surface area contributed by atoms with Crippen LogP contribution in [0.4, 0.5) is 8.78 Å². The van der Waals surface area contributed by atoms with E-state index >= 15 is 0 Å². The quantitative estimate of drug-likeness (QED) is 0.731. The van der Waals surface area contributed by atoms with Crippen molar-refractivity contribution in [1.29, 1.82) is 0 Å². The molecule has 0 radical (unpaired) electrons. The van der Waals surface area contributed by atoms with Gasteiger partial charge in [-0.1, -0.05) is 6.07 Å². The molecular formula is C12H8F2OS. The van der Waals surface area contributed by atoms with Gasteiger partial charge in [-0.15, -0.1) is 11.3 Å². The number of carbonyl (C=O) groups excluding carboxylic acids is 1. The molecule has 2 rings (SSSR count). The molecule has 0 spiro atoms. The van der Waals surface area contributed by atoms with Gasteiger partial charge in [0.1, 0.15) is 11.6 Å². The first-order valence-electron chi connectivity index (χ1n) is 4.63. The molecule has 0 aliphatic carbocycles. The van der Waals surface area contributed by atoms with E-state index in [9.17, 15) is 13.6 Å². The summed E-state index contributed by atoms with van der Waals surface area (Å²) in [5, 5.41) is 1.72. The topological polar surface area (TPSA) is 17.1 Å². The molecule has 0 amide bonds. The molecular weight excluding hydrogens is 230 g/mol. The van der Waals surface area contributed by atoms with E-state index in [1.807, 2.05) is 0 Å². The molecule has 0 unspecified atom stereocenters. The predicted molar refractivity (Wildman–Crippen MR) is 58.8 cm³/mol. The molecule has 1 aromatic carbocycles. The van der Waals surface area contributed by atoms with Crippen molar-refractivity contribution < 1.29 is 13.6 Å². The zero-order chi connectivity index (χ0) is 11.7. The van der Waals surface area contributed by atoms with Gasteiger partial charge in [0.15, 0.2) is 0 Å². The van der Waals surface area contributed by atoms with Gasteiger partial charge in [-0.05, 0) is 36.1 Å². The Kier molecular flexibility index (Phi) is 2.83. The molecule has 2 aromatic rings. The molecule has 82 valence electrons. The van der Waals surface area contributed by atoms with Crippen LogP contribution in [0.3, 0.4) is 0 Å². The summed E-state index contributed by atoms with van der Waals surface area (Å²) in [5.41, 5.74) is -0.0224. The molecule has 0 N–H and O–H groups in total. The van der Waals surface area contributed by atoms with E-state index in [0.717, 1.165) is 12.1 Å². The number of halogens is 2. The summed E-state index contributed by atoms with van der Waals surface area (Å²) >= 11 is 1.21. The highest BCUT2D eigenvalue weighted by Gasteiger charge is 2.16. The van der Waals surface area contributed by atoms with Crippen molar-refractivity contribution in [3.05, 3.63) is 57.3 Å². The Bertz CT molecular complexity index is 532. The van der Waals surface area contributed by atoms with E-state index in [2.05, 4.69) is 0 Å². The molecule has 0 bridgehead atoms.